The van der Waals surface area contributed by atoms with Crippen LogP contribution in [0.3, 0.4) is 0 Å². The maximum absolute atomic E-state index is 12.4. The normalized spacial score (nSPS) is 10.2. The highest BCUT2D eigenvalue weighted by Gasteiger charge is 2.10. The molecule has 6 heteroatoms. The van der Waals surface area contributed by atoms with Crippen molar-refractivity contribution in [3.05, 3.63) is 88.4 Å². The summed E-state index contributed by atoms with van der Waals surface area (Å²) < 4.78 is 5.08. The zero-order valence-electron chi connectivity index (χ0n) is 15.5. The van der Waals surface area contributed by atoms with Crippen LogP contribution in [0.25, 0.3) is 0 Å². The monoisotopic (exact) mass is 394 g/mol. The molecule has 0 heterocycles. The number of methoxy groups -OCH3 is 1. The smallest absolute Gasteiger partial charge is 0.255 e. The molecule has 0 bridgehead atoms. The zero-order chi connectivity index (χ0) is 20.1. The molecule has 2 N–H and O–H groups in total. The van der Waals surface area contributed by atoms with Crippen molar-refractivity contribution in [3.8, 4) is 5.75 Å². The van der Waals surface area contributed by atoms with Gasteiger partial charge in [-0.15, -0.1) is 0 Å². The fraction of sp³-hybridized carbons (Fsp3) is 0.0909. The number of ether oxygens (including phenoxy) is 1. The lowest BCUT2D eigenvalue weighted by Gasteiger charge is -2.09. The lowest BCUT2D eigenvalue weighted by Crippen LogP contribution is -2.13. The van der Waals surface area contributed by atoms with Gasteiger partial charge in [0, 0.05) is 22.5 Å². The first kappa shape index (κ1) is 19.5. The van der Waals surface area contributed by atoms with Crippen molar-refractivity contribution in [2.45, 2.75) is 6.92 Å². The Morgan fingerprint density at radius 3 is 1.89 bits per heavy atom. The van der Waals surface area contributed by atoms with Crippen molar-refractivity contribution in [1.82, 2.24) is 0 Å². The molecule has 0 saturated carbocycles. The van der Waals surface area contributed by atoms with Gasteiger partial charge in [0.2, 0.25) is 0 Å². The number of benzene rings is 3. The van der Waals surface area contributed by atoms with Gasteiger partial charge in [0.05, 0.1) is 12.1 Å². The molecule has 3 rings (SSSR count). The number of hydrogen-bond acceptors (Lipinski definition) is 3. The number of amides is 2. The summed E-state index contributed by atoms with van der Waals surface area (Å²) in [6.07, 6.45) is 0. The van der Waals surface area contributed by atoms with E-state index in [9.17, 15) is 9.59 Å². The Hall–Kier alpha value is -3.31. The third-order valence-electron chi connectivity index (χ3n) is 4.09. The predicted molar refractivity (Wildman–Crippen MR) is 112 cm³/mol. The van der Waals surface area contributed by atoms with E-state index in [4.69, 9.17) is 16.3 Å². The quantitative estimate of drug-likeness (QED) is 0.628. The molecular formula is C22H19ClN2O3. The second-order valence-corrected chi connectivity index (χ2v) is 6.61. The highest BCUT2D eigenvalue weighted by molar-refractivity contribution is 6.32. The van der Waals surface area contributed by atoms with Crippen LogP contribution >= 0.6 is 11.6 Å². The number of halogens is 1. The van der Waals surface area contributed by atoms with Gasteiger partial charge in [-0.25, -0.2) is 0 Å². The van der Waals surface area contributed by atoms with Gasteiger partial charge >= 0.3 is 0 Å². The molecule has 0 aliphatic carbocycles. The summed E-state index contributed by atoms with van der Waals surface area (Å²) in [5.74, 6) is 0.0291. The first-order chi connectivity index (χ1) is 13.5. The van der Waals surface area contributed by atoms with Crippen LogP contribution in [0.1, 0.15) is 26.3 Å². The number of rotatable bonds is 5. The van der Waals surface area contributed by atoms with E-state index in [0.29, 0.717) is 33.3 Å². The van der Waals surface area contributed by atoms with Gasteiger partial charge < -0.3 is 15.4 Å². The Morgan fingerprint density at radius 1 is 0.821 bits per heavy atom. The van der Waals surface area contributed by atoms with E-state index in [1.54, 1.807) is 48.5 Å². The molecule has 2 amide bonds. The van der Waals surface area contributed by atoms with E-state index in [0.717, 1.165) is 5.56 Å². The molecule has 0 saturated heterocycles. The minimum Gasteiger partial charge on any atom is -0.495 e. The Kier molecular flexibility index (Phi) is 5.96. The van der Waals surface area contributed by atoms with Gasteiger partial charge in [-0.2, -0.15) is 0 Å². The van der Waals surface area contributed by atoms with E-state index in [2.05, 4.69) is 10.6 Å². The molecule has 0 spiro atoms. The third-order valence-corrected chi connectivity index (χ3v) is 4.39. The molecule has 5 nitrogen and oxygen atoms in total. The van der Waals surface area contributed by atoms with Gasteiger partial charge in [-0.05, 0) is 61.5 Å². The van der Waals surface area contributed by atoms with Crippen molar-refractivity contribution in [1.29, 1.82) is 0 Å². The van der Waals surface area contributed by atoms with E-state index in [1.807, 2.05) is 25.1 Å². The third kappa shape index (κ3) is 4.69. The highest BCUT2D eigenvalue weighted by atomic mass is 35.5. The van der Waals surface area contributed by atoms with Crippen LogP contribution < -0.4 is 15.4 Å². The Balaban J connectivity index is 1.65. The number of nitrogens with one attached hydrogen (secondary N) is 2. The Morgan fingerprint density at radius 2 is 1.39 bits per heavy atom. The summed E-state index contributed by atoms with van der Waals surface area (Å²) in [7, 11) is 1.51. The minimum atomic E-state index is -0.291. The minimum absolute atomic E-state index is 0.187. The van der Waals surface area contributed by atoms with Crippen LogP contribution in [0, 0.1) is 6.92 Å². The SMILES string of the molecule is COc1ccc(C(=O)Nc2ccc(NC(=O)c3cccc(C)c3)cc2)cc1Cl. The molecule has 0 aliphatic heterocycles. The predicted octanol–water partition coefficient (Wildman–Crippen LogP) is 5.16. The first-order valence-corrected chi connectivity index (χ1v) is 8.97. The summed E-state index contributed by atoms with van der Waals surface area (Å²) in [6.45, 7) is 1.93. The average molecular weight is 395 g/mol. The van der Waals surface area contributed by atoms with Crippen LogP contribution in [-0.2, 0) is 0 Å². The zero-order valence-corrected chi connectivity index (χ0v) is 16.2. The summed E-state index contributed by atoms with van der Waals surface area (Å²) in [5, 5.41) is 5.99. The molecule has 3 aromatic carbocycles. The number of aryl methyl sites for hydroxylation is 1. The first-order valence-electron chi connectivity index (χ1n) is 8.59. The van der Waals surface area contributed by atoms with Crippen molar-refractivity contribution in [2.75, 3.05) is 17.7 Å². The van der Waals surface area contributed by atoms with E-state index in [-0.39, 0.29) is 11.8 Å². The summed E-state index contributed by atoms with van der Waals surface area (Å²) >= 11 is 6.06. The number of carbonyl (C=O) groups is 2. The lowest BCUT2D eigenvalue weighted by atomic mass is 10.1. The fourth-order valence-electron chi connectivity index (χ4n) is 2.64. The van der Waals surface area contributed by atoms with Crippen molar-refractivity contribution >= 4 is 34.8 Å². The van der Waals surface area contributed by atoms with Gasteiger partial charge in [-0.1, -0.05) is 29.3 Å². The second-order valence-electron chi connectivity index (χ2n) is 6.20. The number of anilines is 2. The standard InChI is InChI=1S/C22H19ClN2O3/c1-14-4-3-5-15(12-14)21(26)24-17-7-9-18(10-8-17)25-22(27)16-6-11-20(28-2)19(23)13-16/h3-13H,1-2H3,(H,24,26)(H,25,27). The van der Waals surface area contributed by atoms with Crippen LogP contribution in [0.15, 0.2) is 66.7 Å². The molecule has 0 fully saturated rings. The van der Waals surface area contributed by atoms with E-state index in [1.165, 1.54) is 7.11 Å². The highest BCUT2D eigenvalue weighted by Crippen LogP contribution is 2.25. The molecule has 0 aromatic heterocycles. The molecule has 3 aromatic rings. The van der Waals surface area contributed by atoms with Crippen molar-refractivity contribution in [3.63, 3.8) is 0 Å². The molecule has 0 radical (unpaired) electrons. The van der Waals surface area contributed by atoms with Crippen LogP contribution in [-0.4, -0.2) is 18.9 Å². The Bertz CT molecular complexity index is 1020. The Labute approximate surface area is 168 Å². The van der Waals surface area contributed by atoms with E-state index < -0.39 is 0 Å². The van der Waals surface area contributed by atoms with Gasteiger partial charge in [-0.3, -0.25) is 9.59 Å². The van der Waals surface area contributed by atoms with Gasteiger partial charge in [0.1, 0.15) is 5.75 Å². The topological polar surface area (TPSA) is 67.4 Å². The van der Waals surface area contributed by atoms with Gasteiger partial charge in [0.15, 0.2) is 0 Å². The van der Waals surface area contributed by atoms with Crippen LogP contribution in [0.5, 0.6) is 5.75 Å². The summed E-state index contributed by atoms with van der Waals surface area (Å²) in [4.78, 5) is 24.7. The molecule has 142 valence electrons. The number of carbonyl (C=O) groups excluding carboxylic acids is 2. The second kappa shape index (κ2) is 8.59. The van der Waals surface area contributed by atoms with E-state index >= 15 is 0 Å². The van der Waals surface area contributed by atoms with Crippen LogP contribution in [0.4, 0.5) is 11.4 Å². The molecule has 0 aliphatic rings. The molecule has 28 heavy (non-hydrogen) atoms. The average Bonchev–Trinajstić information content (AvgIpc) is 2.69. The maximum atomic E-state index is 12.4. The maximum Gasteiger partial charge on any atom is 0.255 e. The largest absolute Gasteiger partial charge is 0.495 e. The lowest BCUT2D eigenvalue weighted by molar-refractivity contribution is 0.101. The van der Waals surface area contributed by atoms with Gasteiger partial charge in [0.25, 0.3) is 11.8 Å². The summed E-state index contributed by atoms with van der Waals surface area (Å²) in [5.41, 5.74) is 3.27. The van der Waals surface area contributed by atoms with Crippen molar-refractivity contribution in [2.24, 2.45) is 0 Å². The molecule has 0 atom stereocenters. The van der Waals surface area contributed by atoms with Crippen LogP contribution in [0.2, 0.25) is 5.02 Å². The molecule has 0 unspecified atom stereocenters. The number of hydrogen-bond donors (Lipinski definition) is 2. The van der Waals surface area contributed by atoms with Crippen molar-refractivity contribution < 1.29 is 14.3 Å². The summed E-state index contributed by atoms with van der Waals surface area (Å²) in [6, 6.07) is 19.1. The fourth-order valence-corrected chi connectivity index (χ4v) is 2.90. The molecular weight excluding hydrogens is 376 g/mol.